The normalized spacial score (nSPS) is 11.2. The maximum atomic E-state index is 2.49. The molecular formula is C19H10I6. The van der Waals surface area contributed by atoms with E-state index in [4.69, 9.17) is 0 Å². The largest absolute Gasteiger partial charge is 0.0601 e. The molecule has 0 unspecified atom stereocenters. The van der Waals surface area contributed by atoms with E-state index in [9.17, 15) is 0 Å². The van der Waals surface area contributed by atoms with E-state index in [-0.39, 0.29) is 5.92 Å². The number of hydrogen-bond acceptors (Lipinski definition) is 0. The molecule has 0 heterocycles. The molecule has 0 N–H and O–H groups in total. The molecule has 0 nitrogen and oxygen atoms in total. The highest BCUT2D eigenvalue weighted by atomic mass is 127. The van der Waals surface area contributed by atoms with Gasteiger partial charge in [-0.25, -0.2) is 0 Å². The third kappa shape index (κ3) is 4.79. The highest BCUT2D eigenvalue weighted by Crippen LogP contribution is 2.43. The fraction of sp³-hybridized carbons (Fsp3) is 0.0526. The monoisotopic (exact) mass is 1000 g/mol. The van der Waals surface area contributed by atoms with Gasteiger partial charge in [-0.2, -0.15) is 0 Å². The third-order valence-corrected chi connectivity index (χ3v) is 9.51. The first-order valence-electron chi connectivity index (χ1n) is 7.23. The van der Waals surface area contributed by atoms with Gasteiger partial charge in [-0.1, -0.05) is 18.2 Å². The lowest BCUT2D eigenvalue weighted by Gasteiger charge is -2.26. The minimum atomic E-state index is 0.236. The molecule has 3 aromatic carbocycles. The molecule has 0 aromatic heterocycles. The van der Waals surface area contributed by atoms with Crippen LogP contribution in [0.25, 0.3) is 0 Å². The Morgan fingerprint density at radius 1 is 0.400 bits per heavy atom. The van der Waals surface area contributed by atoms with Crippen LogP contribution < -0.4 is 0 Å². The Bertz CT molecular complexity index is 752. The first-order valence-corrected chi connectivity index (χ1v) is 13.7. The lowest BCUT2D eigenvalue weighted by atomic mass is 9.85. The Labute approximate surface area is 229 Å². The molecule has 0 aliphatic carbocycles. The van der Waals surface area contributed by atoms with E-state index >= 15 is 0 Å². The summed E-state index contributed by atoms with van der Waals surface area (Å²) in [6.45, 7) is 0. The zero-order valence-electron chi connectivity index (χ0n) is 12.5. The molecule has 128 valence electrons. The predicted octanol–water partition coefficient (Wildman–Crippen LogP) is 8.49. The van der Waals surface area contributed by atoms with Crippen LogP contribution in [0, 0.1) is 21.4 Å². The van der Waals surface area contributed by atoms with Crippen molar-refractivity contribution >= 4 is 136 Å². The van der Waals surface area contributed by atoms with E-state index in [0.29, 0.717) is 0 Å². The van der Waals surface area contributed by atoms with Gasteiger partial charge in [0.25, 0.3) is 0 Å². The maximum absolute atomic E-state index is 2.49. The lowest BCUT2D eigenvalue weighted by Crippen LogP contribution is -2.13. The summed E-state index contributed by atoms with van der Waals surface area (Å²) in [6.07, 6.45) is 0. The highest BCUT2D eigenvalue weighted by molar-refractivity contribution is 14.1. The molecule has 6 heteroatoms. The number of halogens is 6. The molecule has 0 spiro atoms. The van der Waals surface area contributed by atoms with Crippen LogP contribution >= 0.6 is 136 Å². The van der Waals surface area contributed by atoms with Crippen LogP contribution in [0.1, 0.15) is 22.6 Å². The summed E-state index contributed by atoms with van der Waals surface area (Å²) in [5, 5.41) is 0. The van der Waals surface area contributed by atoms with Gasteiger partial charge in [-0.3, -0.25) is 0 Å². The highest BCUT2D eigenvalue weighted by Gasteiger charge is 2.28. The number of rotatable bonds is 3. The minimum Gasteiger partial charge on any atom is -0.0601 e. The first kappa shape index (κ1) is 21.7. The Morgan fingerprint density at radius 2 is 0.600 bits per heavy atom. The number of hydrogen-bond donors (Lipinski definition) is 0. The molecule has 0 atom stereocenters. The molecule has 0 radical (unpaired) electrons. The van der Waals surface area contributed by atoms with Gasteiger partial charge in [0.1, 0.15) is 0 Å². The van der Waals surface area contributed by atoms with Crippen molar-refractivity contribution in [1.82, 2.24) is 0 Å². The van der Waals surface area contributed by atoms with Crippen molar-refractivity contribution in [3.8, 4) is 0 Å². The van der Waals surface area contributed by atoms with Crippen molar-refractivity contribution in [1.29, 1.82) is 0 Å². The van der Waals surface area contributed by atoms with Crippen molar-refractivity contribution in [3.05, 3.63) is 92.7 Å². The first-order chi connectivity index (χ1) is 11.9. The predicted molar refractivity (Wildman–Crippen MR) is 157 cm³/mol. The van der Waals surface area contributed by atoms with Gasteiger partial charge in [-0.15, -0.1) is 0 Å². The summed E-state index contributed by atoms with van der Waals surface area (Å²) >= 11 is 14.9. The molecule has 0 bridgehead atoms. The van der Waals surface area contributed by atoms with Crippen LogP contribution in [0.2, 0.25) is 0 Å². The third-order valence-electron chi connectivity index (χ3n) is 3.87. The quantitative estimate of drug-likeness (QED) is 0.183. The topological polar surface area (TPSA) is 0 Å². The van der Waals surface area contributed by atoms with E-state index in [1.807, 2.05) is 0 Å². The van der Waals surface area contributed by atoms with Crippen LogP contribution in [0.15, 0.2) is 54.6 Å². The van der Waals surface area contributed by atoms with Crippen LogP contribution in [0.4, 0.5) is 0 Å². The lowest BCUT2D eigenvalue weighted by molar-refractivity contribution is 0.930. The van der Waals surface area contributed by atoms with Gasteiger partial charge >= 0.3 is 0 Å². The molecule has 0 saturated heterocycles. The second-order valence-corrected chi connectivity index (χ2v) is 12.3. The zero-order valence-corrected chi connectivity index (χ0v) is 25.5. The molecule has 25 heavy (non-hydrogen) atoms. The molecule has 0 amide bonds. The molecule has 0 aliphatic heterocycles. The van der Waals surface area contributed by atoms with Crippen molar-refractivity contribution < 1.29 is 0 Å². The van der Waals surface area contributed by atoms with Gasteiger partial charge in [0.05, 0.1) is 0 Å². The van der Waals surface area contributed by atoms with E-state index < -0.39 is 0 Å². The Hall–Kier alpha value is 2.04. The molecule has 0 aliphatic rings. The fourth-order valence-corrected chi connectivity index (χ4v) is 9.20. The van der Waals surface area contributed by atoms with Crippen molar-refractivity contribution in [3.63, 3.8) is 0 Å². The molecule has 0 saturated carbocycles. The van der Waals surface area contributed by atoms with Crippen LogP contribution in [0.5, 0.6) is 0 Å². The standard InChI is InChI=1S/C19H10I6/c20-10-4-1-5-11(21)16(10)19(17-12(22)6-2-7-13(17)23)18-14(24)8-3-9-15(18)25/h1-9,19H. The van der Waals surface area contributed by atoms with Crippen LogP contribution in [-0.4, -0.2) is 0 Å². The molecule has 3 rings (SSSR count). The van der Waals surface area contributed by atoms with Crippen molar-refractivity contribution in [2.45, 2.75) is 5.92 Å². The fourth-order valence-electron chi connectivity index (χ4n) is 2.79. The van der Waals surface area contributed by atoms with Gasteiger partial charge in [-0.05, 0) is 189 Å². The van der Waals surface area contributed by atoms with Gasteiger partial charge in [0.15, 0.2) is 0 Å². The zero-order chi connectivity index (χ0) is 18.1. The van der Waals surface area contributed by atoms with Gasteiger partial charge in [0, 0.05) is 27.3 Å². The Balaban J connectivity index is 2.42. The van der Waals surface area contributed by atoms with E-state index in [1.165, 1.54) is 38.1 Å². The Morgan fingerprint density at radius 3 is 0.800 bits per heavy atom. The maximum Gasteiger partial charge on any atom is 0.0402 e. The summed E-state index contributed by atoms with van der Waals surface area (Å²) < 4.78 is 7.92. The number of benzene rings is 3. The SMILES string of the molecule is Ic1cccc(I)c1C(c1c(I)cccc1I)c1c(I)cccc1I. The molecular weight excluding hydrogens is 990 g/mol. The average molecular weight is 1000 g/mol. The van der Waals surface area contributed by atoms with Crippen molar-refractivity contribution in [2.75, 3.05) is 0 Å². The summed E-state index contributed by atoms with van der Waals surface area (Å²) in [7, 11) is 0. The van der Waals surface area contributed by atoms with E-state index in [0.717, 1.165) is 0 Å². The second kappa shape index (κ2) is 9.69. The van der Waals surface area contributed by atoms with Crippen LogP contribution in [0.3, 0.4) is 0 Å². The second-order valence-electron chi connectivity index (χ2n) is 5.34. The van der Waals surface area contributed by atoms with E-state index in [2.05, 4.69) is 190 Å². The Kier molecular flexibility index (Phi) is 8.43. The summed E-state index contributed by atoms with van der Waals surface area (Å²) in [4.78, 5) is 0. The summed E-state index contributed by atoms with van der Waals surface area (Å²) in [6, 6.07) is 19.7. The van der Waals surface area contributed by atoms with Gasteiger partial charge < -0.3 is 0 Å². The van der Waals surface area contributed by atoms with E-state index in [1.54, 1.807) is 0 Å². The van der Waals surface area contributed by atoms with Gasteiger partial charge in [0.2, 0.25) is 0 Å². The molecule has 0 fully saturated rings. The summed E-state index contributed by atoms with van der Waals surface area (Å²) in [5.74, 6) is 0.236. The average Bonchev–Trinajstić information content (AvgIpc) is 2.53. The minimum absolute atomic E-state index is 0.236. The van der Waals surface area contributed by atoms with Crippen LogP contribution in [-0.2, 0) is 0 Å². The smallest absolute Gasteiger partial charge is 0.0402 e. The molecule has 3 aromatic rings. The van der Waals surface area contributed by atoms with Crippen molar-refractivity contribution in [2.24, 2.45) is 0 Å². The summed E-state index contributed by atoms with van der Waals surface area (Å²) in [5.41, 5.74) is 4.23.